The van der Waals surface area contributed by atoms with Gasteiger partial charge in [-0.1, -0.05) is 12.1 Å². The van der Waals surface area contributed by atoms with E-state index in [0.717, 1.165) is 18.4 Å². The lowest BCUT2D eigenvalue weighted by molar-refractivity contribution is -0.138. The number of carbonyl (C=O) groups excluding carboxylic acids is 1. The first-order chi connectivity index (χ1) is 10.6. The van der Waals surface area contributed by atoms with Crippen LogP contribution in [0.2, 0.25) is 0 Å². The summed E-state index contributed by atoms with van der Waals surface area (Å²) in [5.41, 5.74) is 0.464. The second-order valence-electron chi connectivity index (χ2n) is 6.67. The molecule has 120 valence electrons. The van der Waals surface area contributed by atoms with E-state index in [1.807, 2.05) is 0 Å². The number of halogens is 1. The summed E-state index contributed by atoms with van der Waals surface area (Å²) in [5, 5.41) is 18.9. The van der Waals surface area contributed by atoms with Crippen LogP contribution >= 0.6 is 0 Å². The van der Waals surface area contributed by atoms with Crippen LogP contribution in [0.15, 0.2) is 24.3 Å². The molecule has 22 heavy (non-hydrogen) atoms. The molecule has 2 unspecified atom stereocenters. The maximum Gasteiger partial charge on any atom is 0.226 e. The molecule has 1 aliphatic heterocycles. The second-order valence-corrected chi connectivity index (χ2v) is 6.67. The van der Waals surface area contributed by atoms with Crippen LogP contribution in [-0.2, 0) is 4.79 Å². The van der Waals surface area contributed by atoms with Gasteiger partial charge in [0.05, 0.1) is 13.2 Å². The number of nitrogens with zero attached hydrogens (tertiary/aromatic N) is 1. The van der Waals surface area contributed by atoms with Gasteiger partial charge in [0.1, 0.15) is 5.82 Å². The highest BCUT2D eigenvalue weighted by Crippen LogP contribution is 2.44. The van der Waals surface area contributed by atoms with Gasteiger partial charge in [0.25, 0.3) is 0 Å². The van der Waals surface area contributed by atoms with Crippen molar-refractivity contribution >= 4 is 5.91 Å². The number of hydrogen-bond acceptors (Lipinski definition) is 3. The number of likely N-dealkylation sites (tertiary alicyclic amines) is 1. The molecule has 5 heteroatoms. The van der Waals surface area contributed by atoms with Gasteiger partial charge in [-0.05, 0) is 42.9 Å². The SMILES string of the molecule is O=C(C1CCC1c1ccc(F)cc1)N1CCC(CO)(CO)C1. The molecule has 1 aromatic rings. The molecule has 0 bridgehead atoms. The van der Waals surface area contributed by atoms with Gasteiger partial charge in [0, 0.05) is 24.4 Å². The van der Waals surface area contributed by atoms with E-state index in [4.69, 9.17) is 0 Å². The predicted octanol–water partition coefficient (Wildman–Crippen LogP) is 1.52. The normalized spacial score (nSPS) is 26.8. The maximum absolute atomic E-state index is 13.0. The van der Waals surface area contributed by atoms with Gasteiger partial charge in [-0.25, -0.2) is 4.39 Å². The van der Waals surface area contributed by atoms with Crippen molar-refractivity contribution in [2.24, 2.45) is 11.3 Å². The van der Waals surface area contributed by atoms with Crippen molar-refractivity contribution in [1.82, 2.24) is 4.90 Å². The molecule has 1 amide bonds. The van der Waals surface area contributed by atoms with Crippen LogP contribution < -0.4 is 0 Å². The van der Waals surface area contributed by atoms with E-state index < -0.39 is 5.41 Å². The first kappa shape index (κ1) is 15.4. The zero-order valence-electron chi connectivity index (χ0n) is 12.5. The Labute approximate surface area is 129 Å². The number of carbonyl (C=O) groups is 1. The van der Waals surface area contributed by atoms with E-state index in [-0.39, 0.29) is 36.8 Å². The Bertz CT molecular complexity index is 541. The minimum atomic E-state index is -0.551. The van der Waals surface area contributed by atoms with Crippen LogP contribution in [0.5, 0.6) is 0 Å². The van der Waals surface area contributed by atoms with Gasteiger partial charge in [-0.2, -0.15) is 0 Å². The fraction of sp³-hybridized carbons (Fsp3) is 0.588. The molecular formula is C17H22FNO3. The van der Waals surface area contributed by atoms with Crippen LogP contribution in [0.25, 0.3) is 0 Å². The number of benzene rings is 1. The lowest BCUT2D eigenvalue weighted by Gasteiger charge is -2.38. The predicted molar refractivity (Wildman–Crippen MR) is 79.7 cm³/mol. The summed E-state index contributed by atoms with van der Waals surface area (Å²) in [6.07, 6.45) is 2.43. The fourth-order valence-corrected chi connectivity index (χ4v) is 3.57. The van der Waals surface area contributed by atoms with Crippen molar-refractivity contribution in [3.63, 3.8) is 0 Å². The summed E-state index contributed by atoms with van der Waals surface area (Å²) >= 11 is 0. The van der Waals surface area contributed by atoms with Crippen LogP contribution in [0, 0.1) is 17.2 Å². The summed E-state index contributed by atoms with van der Waals surface area (Å²) in [4.78, 5) is 14.5. The number of aliphatic hydroxyl groups is 2. The second kappa shape index (κ2) is 5.97. The molecule has 2 fully saturated rings. The minimum Gasteiger partial charge on any atom is -0.396 e. The fourth-order valence-electron chi connectivity index (χ4n) is 3.57. The lowest BCUT2D eigenvalue weighted by atomic mass is 9.69. The molecule has 1 saturated heterocycles. The molecule has 0 spiro atoms. The van der Waals surface area contributed by atoms with E-state index in [1.165, 1.54) is 12.1 Å². The van der Waals surface area contributed by atoms with Crippen molar-refractivity contribution in [2.45, 2.75) is 25.2 Å². The van der Waals surface area contributed by atoms with E-state index in [0.29, 0.717) is 19.5 Å². The largest absolute Gasteiger partial charge is 0.396 e. The summed E-state index contributed by atoms with van der Waals surface area (Å²) in [6.45, 7) is 0.816. The van der Waals surface area contributed by atoms with Crippen LogP contribution in [0.4, 0.5) is 4.39 Å². The van der Waals surface area contributed by atoms with Crippen molar-refractivity contribution in [3.05, 3.63) is 35.6 Å². The Kier molecular flexibility index (Phi) is 4.19. The number of aliphatic hydroxyl groups excluding tert-OH is 2. The van der Waals surface area contributed by atoms with Crippen LogP contribution in [0.1, 0.15) is 30.7 Å². The topological polar surface area (TPSA) is 60.8 Å². The minimum absolute atomic E-state index is 0.0568. The summed E-state index contributed by atoms with van der Waals surface area (Å²) in [6, 6.07) is 6.39. The van der Waals surface area contributed by atoms with E-state index in [1.54, 1.807) is 17.0 Å². The Morgan fingerprint density at radius 3 is 2.41 bits per heavy atom. The number of amides is 1. The first-order valence-electron chi connectivity index (χ1n) is 7.84. The average molecular weight is 307 g/mol. The third kappa shape index (κ3) is 2.63. The molecule has 1 aromatic carbocycles. The van der Waals surface area contributed by atoms with Crippen molar-refractivity contribution in [3.8, 4) is 0 Å². The molecule has 0 radical (unpaired) electrons. The summed E-state index contributed by atoms with van der Waals surface area (Å²) < 4.78 is 13.0. The van der Waals surface area contributed by atoms with Gasteiger partial charge in [-0.3, -0.25) is 4.79 Å². The zero-order chi connectivity index (χ0) is 15.7. The van der Waals surface area contributed by atoms with Gasteiger partial charge in [0.15, 0.2) is 0 Å². The molecule has 2 atom stereocenters. The quantitative estimate of drug-likeness (QED) is 0.887. The molecular weight excluding hydrogens is 285 g/mol. The number of rotatable bonds is 4. The van der Waals surface area contributed by atoms with Gasteiger partial charge >= 0.3 is 0 Å². The Hall–Kier alpha value is -1.46. The highest BCUT2D eigenvalue weighted by Gasteiger charge is 2.45. The Morgan fingerprint density at radius 2 is 1.91 bits per heavy atom. The number of hydrogen-bond donors (Lipinski definition) is 2. The molecule has 1 saturated carbocycles. The highest BCUT2D eigenvalue weighted by molar-refractivity contribution is 5.81. The molecule has 4 nitrogen and oxygen atoms in total. The van der Waals surface area contributed by atoms with Crippen LogP contribution in [-0.4, -0.2) is 47.3 Å². The third-order valence-corrected chi connectivity index (χ3v) is 5.31. The van der Waals surface area contributed by atoms with Crippen molar-refractivity contribution in [2.75, 3.05) is 26.3 Å². The molecule has 2 aliphatic rings. The zero-order valence-corrected chi connectivity index (χ0v) is 12.5. The molecule has 2 N–H and O–H groups in total. The van der Waals surface area contributed by atoms with Crippen LogP contribution in [0.3, 0.4) is 0 Å². The van der Waals surface area contributed by atoms with E-state index in [2.05, 4.69) is 0 Å². The van der Waals surface area contributed by atoms with E-state index in [9.17, 15) is 19.4 Å². The third-order valence-electron chi connectivity index (χ3n) is 5.31. The van der Waals surface area contributed by atoms with Crippen molar-refractivity contribution < 1.29 is 19.4 Å². The lowest BCUT2D eigenvalue weighted by Crippen LogP contribution is -2.43. The summed E-state index contributed by atoms with van der Waals surface area (Å²) in [5.74, 6) is -0.0597. The first-order valence-corrected chi connectivity index (χ1v) is 7.84. The van der Waals surface area contributed by atoms with Gasteiger partial charge < -0.3 is 15.1 Å². The average Bonchev–Trinajstić information content (AvgIpc) is 2.94. The maximum atomic E-state index is 13.0. The molecule has 3 rings (SSSR count). The Balaban J connectivity index is 1.67. The molecule has 1 heterocycles. The van der Waals surface area contributed by atoms with E-state index >= 15 is 0 Å². The Morgan fingerprint density at radius 1 is 1.23 bits per heavy atom. The summed E-state index contributed by atoms with van der Waals surface area (Å²) in [7, 11) is 0. The monoisotopic (exact) mass is 307 g/mol. The molecule has 0 aromatic heterocycles. The molecule has 1 aliphatic carbocycles. The smallest absolute Gasteiger partial charge is 0.226 e. The van der Waals surface area contributed by atoms with Gasteiger partial charge in [0.2, 0.25) is 5.91 Å². The van der Waals surface area contributed by atoms with Gasteiger partial charge in [-0.15, -0.1) is 0 Å². The van der Waals surface area contributed by atoms with Crippen molar-refractivity contribution in [1.29, 1.82) is 0 Å². The standard InChI is InChI=1S/C17H22FNO3/c18-13-3-1-12(2-4-13)14-5-6-15(14)16(22)19-8-7-17(9-19,10-20)11-21/h1-4,14-15,20-21H,5-11H2. The highest BCUT2D eigenvalue weighted by atomic mass is 19.1.